The van der Waals surface area contributed by atoms with Gasteiger partial charge in [0.25, 0.3) is 0 Å². The molecule has 5 nitrogen and oxygen atoms in total. The smallest absolute Gasteiger partial charge is 0.240 e. The molecule has 1 fully saturated rings. The molecule has 2 aromatic rings. The number of Topliss-reactive ketones (excluding diaryl/α,β-unsaturated/α-hetero) is 1. The van der Waals surface area contributed by atoms with E-state index in [1.807, 2.05) is 0 Å². The molecule has 1 aliphatic carbocycles. The third kappa shape index (κ3) is 4.47. The van der Waals surface area contributed by atoms with E-state index >= 15 is 0 Å². The van der Waals surface area contributed by atoms with Gasteiger partial charge in [0.2, 0.25) is 10.0 Å². The summed E-state index contributed by atoms with van der Waals surface area (Å²) in [5, 5.41) is 0. The minimum absolute atomic E-state index is 0.0472. The highest BCUT2D eigenvalue weighted by molar-refractivity contribution is 7.89. The summed E-state index contributed by atoms with van der Waals surface area (Å²) in [4.78, 5) is 12.4. The van der Waals surface area contributed by atoms with Crippen LogP contribution in [-0.2, 0) is 10.0 Å². The molecule has 0 heterocycles. The zero-order chi connectivity index (χ0) is 18.7. The third-order valence-corrected chi connectivity index (χ3v) is 5.60. The minimum atomic E-state index is -3.83. The van der Waals surface area contributed by atoms with Crippen molar-refractivity contribution in [2.24, 2.45) is 5.92 Å². The van der Waals surface area contributed by atoms with E-state index in [4.69, 9.17) is 4.74 Å². The van der Waals surface area contributed by atoms with Crippen molar-refractivity contribution in [2.45, 2.75) is 24.7 Å². The van der Waals surface area contributed by atoms with Crippen LogP contribution in [0.2, 0.25) is 0 Å². The Morgan fingerprint density at radius 2 is 1.92 bits per heavy atom. The Kier molecular flexibility index (Phi) is 5.38. The maximum Gasteiger partial charge on any atom is 0.240 e. The van der Waals surface area contributed by atoms with E-state index in [0.717, 1.165) is 12.8 Å². The van der Waals surface area contributed by atoms with Crippen LogP contribution in [0.1, 0.15) is 28.8 Å². The zero-order valence-corrected chi connectivity index (χ0v) is 15.2. The summed E-state index contributed by atoms with van der Waals surface area (Å²) in [6, 6.07) is 10.6. The minimum Gasteiger partial charge on any atom is -0.493 e. The number of carbonyl (C=O) groups is 1. The lowest BCUT2D eigenvalue weighted by molar-refractivity contribution is 0.0992. The highest BCUT2D eigenvalue weighted by Crippen LogP contribution is 2.30. The summed E-state index contributed by atoms with van der Waals surface area (Å²) >= 11 is 0. The Balaban J connectivity index is 1.72. The molecule has 3 rings (SSSR count). The predicted octanol–water partition coefficient (Wildman–Crippen LogP) is 3.08. The van der Waals surface area contributed by atoms with Crippen molar-refractivity contribution in [2.75, 3.05) is 13.2 Å². The van der Waals surface area contributed by atoms with Gasteiger partial charge in [-0.3, -0.25) is 4.79 Å². The van der Waals surface area contributed by atoms with E-state index in [1.165, 1.54) is 18.2 Å². The fraction of sp³-hybridized carbons (Fsp3) is 0.316. The maximum atomic E-state index is 14.3. The highest BCUT2D eigenvalue weighted by atomic mass is 32.2. The molecule has 0 atom stereocenters. The Morgan fingerprint density at radius 1 is 1.23 bits per heavy atom. The van der Waals surface area contributed by atoms with Gasteiger partial charge in [-0.25, -0.2) is 17.5 Å². The molecule has 2 aromatic carbocycles. The van der Waals surface area contributed by atoms with Crippen LogP contribution in [0.15, 0.2) is 47.4 Å². The number of ketones is 1. The van der Waals surface area contributed by atoms with Crippen molar-refractivity contribution in [3.63, 3.8) is 0 Å². The Morgan fingerprint density at radius 3 is 2.58 bits per heavy atom. The molecule has 0 spiro atoms. The summed E-state index contributed by atoms with van der Waals surface area (Å²) in [5.74, 6) is -0.364. The standard InChI is InChI=1S/C19H20FNO4S/c1-13-9-15(25-12-14-7-8-14)10-17(19(13)20)18(22)11-21-26(23,24)16-5-3-2-4-6-16/h2-6,9-10,14,21H,7-8,11-12H2,1H3. The first-order chi connectivity index (χ1) is 12.4. The number of carbonyl (C=O) groups excluding carboxylic acids is 1. The molecule has 0 aliphatic heterocycles. The van der Waals surface area contributed by atoms with Crippen molar-refractivity contribution in [1.29, 1.82) is 0 Å². The van der Waals surface area contributed by atoms with Gasteiger partial charge in [0.1, 0.15) is 11.6 Å². The molecule has 0 radical (unpaired) electrons. The van der Waals surface area contributed by atoms with Crippen LogP contribution in [0, 0.1) is 18.7 Å². The van der Waals surface area contributed by atoms with Crippen LogP contribution >= 0.6 is 0 Å². The molecule has 138 valence electrons. The number of aryl methyl sites for hydroxylation is 1. The third-order valence-electron chi connectivity index (χ3n) is 4.19. The van der Waals surface area contributed by atoms with E-state index in [-0.39, 0.29) is 16.0 Å². The number of rotatable bonds is 8. The molecule has 7 heteroatoms. The van der Waals surface area contributed by atoms with Crippen LogP contribution in [0.4, 0.5) is 4.39 Å². The van der Waals surface area contributed by atoms with Gasteiger partial charge in [0.15, 0.2) is 5.78 Å². The molecule has 26 heavy (non-hydrogen) atoms. The Hall–Kier alpha value is -2.25. The fourth-order valence-corrected chi connectivity index (χ4v) is 3.46. The molecule has 0 aromatic heterocycles. The second kappa shape index (κ2) is 7.55. The normalized spacial score (nSPS) is 14.2. The molecular formula is C19H20FNO4S. The first-order valence-corrected chi connectivity index (χ1v) is 9.86. The van der Waals surface area contributed by atoms with Crippen LogP contribution in [0.25, 0.3) is 0 Å². The molecule has 1 saturated carbocycles. The van der Waals surface area contributed by atoms with E-state index in [0.29, 0.717) is 18.3 Å². The largest absolute Gasteiger partial charge is 0.493 e. The number of hydrogen-bond donors (Lipinski definition) is 1. The van der Waals surface area contributed by atoms with Crippen molar-refractivity contribution in [3.05, 3.63) is 59.4 Å². The van der Waals surface area contributed by atoms with Crippen LogP contribution < -0.4 is 9.46 Å². The highest BCUT2D eigenvalue weighted by Gasteiger charge is 2.23. The average molecular weight is 377 g/mol. The second-order valence-electron chi connectivity index (χ2n) is 6.42. The first-order valence-electron chi connectivity index (χ1n) is 8.37. The van der Waals surface area contributed by atoms with Crippen LogP contribution in [0.3, 0.4) is 0 Å². The summed E-state index contributed by atoms with van der Waals surface area (Å²) in [7, 11) is -3.83. The Labute approximate surface area is 152 Å². The molecule has 0 unspecified atom stereocenters. The summed E-state index contributed by atoms with van der Waals surface area (Å²) in [5.41, 5.74) is 0.110. The zero-order valence-electron chi connectivity index (χ0n) is 14.4. The average Bonchev–Trinajstić information content (AvgIpc) is 3.46. The molecule has 0 amide bonds. The van der Waals surface area contributed by atoms with Crippen LogP contribution in [-0.4, -0.2) is 27.4 Å². The van der Waals surface area contributed by atoms with Crippen molar-refractivity contribution >= 4 is 15.8 Å². The topological polar surface area (TPSA) is 72.5 Å². The van der Waals surface area contributed by atoms with Gasteiger partial charge in [-0.05, 0) is 55.5 Å². The van der Waals surface area contributed by atoms with Gasteiger partial charge in [-0.2, -0.15) is 0 Å². The van der Waals surface area contributed by atoms with Crippen molar-refractivity contribution in [1.82, 2.24) is 4.72 Å². The maximum absolute atomic E-state index is 14.3. The monoisotopic (exact) mass is 377 g/mol. The number of hydrogen-bond acceptors (Lipinski definition) is 4. The Bertz CT molecular complexity index is 909. The number of halogens is 1. The lowest BCUT2D eigenvalue weighted by atomic mass is 10.1. The van der Waals surface area contributed by atoms with Gasteiger partial charge in [0, 0.05) is 0 Å². The molecule has 0 saturated heterocycles. The number of nitrogens with one attached hydrogen (secondary N) is 1. The quantitative estimate of drug-likeness (QED) is 0.718. The summed E-state index contributed by atoms with van der Waals surface area (Å²) < 4.78 is 46.5. The van der Waals surface area contributed by atoms with Gasteiger partial charge < -0.3 is 4.74 Å². The summed E-state index contributed by atoms with van der Waals surface area (Å²) in [6.07, 6.45) is 2.24. The molecule has 1 N–H and O–H groups in total. The number of benzene rings is 2. The second-order valence-corrected chi connectivity index (χ2v) is 8.18. The SMILES string of the molecule is Cc1cc(OCC2CC2)cc(C(=O)CNS(=O)(=O)c2ccccc2)c1F. The molecule has 1 aliphatic rings. The lowest BCUT2D eigenvalue weighted by Crippen LogP contribution is -2.30. The van der Waals surface area contributed by atoms with E-state index in [1.54, 1.807) is 31.2 Å². The molecule has 0 bridgehead atoms. The van der Waals surface area contributed by atoms with Gasteiger partial charge in [0.05, 0.1) is 23.6 Å². The fourth-order valence-electron chi connectivity index (χ4n) is 2.46. The predicted molar refractivity (Wildman–Crippen MR) is 95.3 cm³/mol. The van der Waals surface area contributed by atoms with Crippen molar-refractivity contribution in [3.8, 4) is 5.75 Å². The van der Waals surface area contributed by atoms with E-state index in [9.17, 15) is 17.6 Å². The lowest BCUT2D eigenvalue weighted by Gasteiger charge is -2.11. The molecular weight excluding hydrogens is 357 g/mol. The first kappa shape index (κ1) is 18.5. The van der Waals surface area contributed by atoms with Gasteiger partial charge in [-0.15, -0.1) is 0 Å². The summed E-state index contributed by atoms with van der Waals surface area (Å²) in [6.45, 7) is 1.56. The number of ether oxygens (including phenoxy) is 1. The van der Waals surface area contributed by atoms with E-state index < -0.39 is 28.2 Å². The van der Waals surface area contributed by atoms with Gasteiger partial charge in [-0.1, -0.05) is 18.2 Å². The van der Waals surface area contributed by atoms with Crippen molar-refractivity contribution < 1.29 is 22.3 Å². The van der Waals surface area contributed by atoms with Crippen LogP contribution in [0.5, 0.6) is 5.75 Å². The van der Waals surface area contributed by atoms with Gasteiger partial charge >= 0.3 is 0 Å². The van der Waals surface area contributed by atoms with E-state index in [2.05, 4.69) is 4.72 Å². The number of sulfonamides is 1.